The molecule has 0 heterocycles. The lowest BCUT2D eigenvalue weighted by Crippen LogP contribution is -2.44. The van der Waals surface area contributed by atoms with Crippen molar-refractivity contribution in [2.24, 2.45) is 0 Å². The predicted octanol–water partition coefficient (Wildman–Crippen LogP) is -0.563. The van der Waals surface area contributed by atoms with Crippen LogP contribution in [0.15, 0.2) is 0 Å². The first kappa shape index (κ1) is 12.7. The van der Waals surface area contributed by atoms with E-state index in [0.29, 0.717) is 6.54 Å². The smallest absolute Gasteiger partial charge is 0.323 e. The van der Waals surface area contributed by atoms with Gasteiger partial charge in [0.2, 0.25) is 0 Å². The second-order valence-corrected chi connectivity index (χ2v) is 2.84. The SMILES string of the molecule is CCN(CC(=O)O)C(=O)N(C)CCO. The Morgan fingerprint density at radius 1 is 1.36 bits per heavy atom. The third-order valence-corrected chi connectivity index (χ3v) is 1.74. The average molecular weight is 204 g/mol. The fraction of sp³-hybridized carbons (Fsp3) is 0.750. The summed E-state index contributed by atoms with van der Waals surface area (Å²) in [5.41, 5.74) is 0. The first-order valence-corrected chi connectivity index (χ1v) is 4.35. The Labute approximate surface area is 82.7 Å². The van der Waals surface area contributed by atoms with Crippen molar-refractivity contribution in [3.05, 3.63) is 0 Å². The van der Waals surface area contributed by atoms with Gasteiger partial charge in [0.25, 0.3) is 0 Å². The van der Waals surface area contributed by atoms with Crippen LogP contribution in [0.1, 0.15) is 6.92 Å². The second kappa shape index (κ2) is 6.20. The molecule has 82 valence electrons. The number of carboxylic acids is 1. The molecule has 0 atom stereocenters. The van der Waals surface area contributed by atoms with Crippen molar-refractivity contribution in [2.45, 2.75) is 6.92 Å². The van der Waals surface area contributed by atoms with Crippen molar-refractivity contribution < 1.29 is 19.8 Å². The van der Waals surface area contributed by atoms with Gasteiger partial charge in [0.1, 0.15) is 6.54 Å². The molecule has 0 aromatic rings. The number of urea groups is 1. The Morgan fingerprint density at radius 2 is 1.93 bits per heavy atom. The first-order chi connectivity index (χ1) is 6.52. The summed E-state index contributed by atoms with van der Waals surface area (Å²) in [5, 5.41) is 17.1. The van der Waals surface area contributed by atoms with Crippen molar-refractivity contribution in [3.63, 3.8) is 0 Å². The van der Waals surface area contributed by atoms with Crippen molar-refractivity contribution in [1.82, 2.24) is 9.80 Å². The highest BCUT2D eigenvalue weighted by Crippen LogP contribution is 1.96. The van der Waals surface area contributed by atoms with Gasteiger partial charge < -0.3 is 20.0 Å². The quantitative estimate of drug-likeness (QED) is 0.628. The van der Waals surface area contributed by atoms with Crippen LogP contribution < -0.4 is 0 Å². The molecule has 2 N–H and O–H groups in total. The molecule has 0 saturated carbocycles. The summed E-state index contributed by atoms with van der Waals surface area (Å²) in [7, 11) is 1.52. The van der Waals surface area contributed by atoms with Gasteiger partial charge >= 0.3 is 12.0 Å². The topological polar surface area (TPSA) is 81.1 Å². The third kappa shape index (κ3) is 4.08. The molecular weight excluding hydrogens is 188 g/mol. The summed E-state index contributed by atoms with van der Waals surface area (Å²) in [6, 6.07) is -0.385. The zero-order valence-corrected chi connectivity index (χ0v) is 8.43. The van der Waals surface area contributed by atoms with Gasteiger partial charge in [0.15, 0.2) is 0 Å². The van der Waals surface area contributed by atoms with E-state index in [9.17, 15) is 9.59 Å². The van der Waals surface area contributed by atoms with E-state index in [1.165, 1.54) is 16.8 Å². The molecular formula is C8H16N2O4. The number of aliphatic carboxylic acids is 1. The predicted molar refractivity (Wildman–Crippen MR) is 50.0 cm³/mol. The molecule has 2 amide bonds. The lowest BCUT2D eigenvalue weighted by atomic mass is 10.5. The maximum Gasteiger partial charge on any atom is 0.323 e. The number of aliphatic hydroxyl groups is 1. The monoisotopic (exact) mass is 204 g/mol. The fourth-order valence-electron chi connectivity index (χ4n) is 0.965. The molecule has 0 aliphatic carbocycles. The van der Waals surface area contributed by atoms with Crippen LogP contribution in [0.2, 0.25) is 0 Å². The molecule has 0 aromatic carbocycles. The van der Waals surface area contributed by atoms with Crippen molar-refractivity contribution >= 4 is 12.0 Å². The number of carbonyl (C=O) groups is 2. The van der Waals surface area contributed by atoms with Crippen molar-refractivity contribution in [3.8, 4) is 0 Å². The molecule has 0 spiro atoms. The zero-order chi connectivity index (χ0) is 11.1. The molecule has 0 rings (SSSR count). The zero-order valence-electron chi connectivity index (χ0n) is 8.43. The highest BCUT2D eigenvalue weighted by molar-refractivity contribution is 5.79. The van der Waals surface area contributed by atoms with E-state index < -0.39 is 5.97 Å². The minimum atomic E-state index is -1.04. The Balaban J connectivity index is 4.22. The Morgan fingerprint density at radius 3 is 2.29 bits per heavy atom. The van der Waals surface area contributed by atoms with Crippen molar-refractivity contribution in [1.29, 1.82) is 0 Å². The standard InChI is InChI=1S/C8H16N2O4/c1-3-10(6-7(12)13)8(14)9(2)4-5-11/h11H,3-6H2,1-2H3,(H,12,13). The van der Waals surface area contributed by atoms with Crippen LogP contribution in [0.4, 0.5) is 4.79 Å². The lowest BCUT2D eigenvalue weighted by Gasteiger charge is -2.25. The van der Waals surface area contributed by atoms with Crippen LogP contribution in [-0.4, -0.2) is 65.3 Å². The van der Waals surface area contributed by atoms with E-state index in [-0.39, 0.29) is 25.7 Å². The Hall–Kier alpha value is -1.30. The summed E-state index contributed by atoms with van der Waals surface area (Å²) in [4.78, 5) is 24.3. The molecule has 0 unspecified atom stereocenters. The normalized spacial score (nSPS) is 9.64. The number of rotatable bonds is 5. The molecule has 14 heavy (non-hydrogen) atoms. The summed E-state index contributed by atoms with van der Waals surface area (Å²) >= 11 is 0. The molecule has 0 aromatic heterocycles. The minimum absolute atomic E-state index is 0.132. The number of hydrogen-bond acceptors (Lipinski definition) is 3. The van der Waals surface area contributed by atoms with Gasteiger partial charge in [-0.1, -0.05) is 0 Å². The maximum atomic E-state index is 11.5. The highest BCUT2D eigenvalue weighted by Gasteiger charge is 2.17. The minimum Gasteiger partial charge on any atom is -0.480 e. The average Bonchev–Trinajstić information content (AvgIpc) is 2.13. The second-order valence-electron chi connectivity index (χ2n) is 2.84. The van der Waals surface area contributed by atoms with Gasteiger partial charge in [0, 0.05) is 20.1 Å². The van der Waals surface area contributed by atoms with Gasteiger partial charge in [-0.05, 0) is 6.92 Å². The molecule has 0 radical (unpaired) electrons. The third-order valence-electron chi connectivity index (χ3n) is 1.74. The van der Waals surface area contributed by atoms with Crippen molar-refractivity contribution in [2.75, 3.05) is 33.3 Å². The summed E-state index contributed by atoms with van der Waals surface area (Å²) in [6.07, 6.45) is 0. The molecule has 0 saturated heterocycles. The molecule has 6 nitrogen and oxygen atoms in total. The molecule has 6 heteroatoms. The Bertz CT molecular complexity index is 208. The van der Waals surface area contributed by atoms with Gasteiger partial charge in [0.05, 0.1) is 6.61 Å². The van der Waals surface area contributed by atoms with E-state index in [0.717, 1.165) is 0 Å². The van der Waals surface area contributed by atoms with Crippen LogP contribution in [-0.2, 0) is 4.79 Å². The maximum absolute atomic E-state index is 11.5. The number of nitrogens with zero attached hydrogens (tertiary/aromatic N) is 2. The number of carbonyl (C=O) groups excluding carboxylic acids is 1. The summed E-state index contributed by atoms with van der Waals surface area (Å²) in [6.45, 7) is 1.79. The summed E-state index contributed by atoms with van der Waals surface area (Å²) in [5.74, 6) is -1.04. The molecule has 0 fully saturated rings. The fourth-order valence-corrected chi connectivity index (χ4v) is 0.965. The van der Waals surface area contributed by atoms with E-state index in [2.05, 4.69) is 0 Å². The van der Waals surface area contributed by atoms with E-state index in [1.54, 1.807) is 6.92 Å². The lowest BCUT2D eigenvalue weighted by molar-refractivity contribution is -0.137. The Kier molecular flexibility index (Phi) is 5.62. The van der Waals surface area contributed by atoms with Crippen LogP contribution in [0.5, 0.6) is 0 Å². The van der Waals surface area contributed by atoms with Gasteiger partial charge in [-0.15, -0.1) is 0 Å². The largest absolute Gasteiger partial charge is 0.480 e. The molecule has 0 bridgehead atoms. The summed E-state index contributed by atoms with van der Waals surface area (Å²) < 4.78 is 0. The first-order valence-electron chi connectivity index (χ1n) is 4.35. The molecule has 0 aliphatic heterocycles. The van der Waals surface area contributed by atoms with Crippen LogP contribution in [0.3, 0.4) is 0 Å². The van der Waals surface area contributed by atoms with Crippen LogP contribution in [0, 0.1) is 0 Å². The van der Waals surface area contributed by atoms with E-state index in [4.69, 9.17) is 10.2 Å². The van der Waals surface area contributed by atoms with Gasteiger partial charge in [-0.2, -0.15) is 0 Å². The number of aliphatic hydroxyl groups excluding tert-OH is 1. The number of carboxylic acid groups (broad SMARTS) is 1. The van der Waals surface area contributed by atoms with Crippen LogP contribution >= 0.6 is 0 Å². The van der Waals surface area contributed by atoms with E-state index >= 15 is 0 Å². The highest BCUT2D eigenvalue weighted by atomic mass is 16.4. The number of likely N-dealkylation sites (N-methyl/N-ethyl adjacent to an activating group) is 2. The molecule has 0 aliphatic rings. The number of amides is 2. The van der Waals surface area contributed by atoms with Crippen LogP contribution in [0.25, 0.3) is 0 Å². The number of hydrogen-bond donors (Lipinski definition) is 2. The van der Waals surface area contributed by atoms with Gasteiger partial charge in [-0.25, -0.2) is 4.79 Å². The van der Waals surface area contributed by atoms with Gasteiger partial charge in [-0.3, -0.25) is 4.79 Å². The van der Waals surface area contributed by atoms with E-state index in [1.807, 2.05) is 0 Å².